The first-order valence-electron chi connectivity index (χ1n) is 6.34. The first-order valence-corrected chi connectivity index (χ1v) is 6.74. The molecule has 3 nitrogen and oxygen atoms in total. The molecule has 1 aromatic carbocycles. The van der Waals surface area contributed by atoms with Crippen molar-refractivity contribution in [2.75, 3.05) is 13.1 Å². The molecule has 102 valence electrons. The Morgan fingerprint density at radius 2 is 2.05 bits per heavy atom. The lowest BCUT2D eigenvalue weighted by atomic mass is 9.96. The van der Waals surface area contributed by atoms with Crippen LogP contribution < -0.4 is 5.73 Å². The van der Waals surface area contributed by atoms with Crippen molar-refractivity contribution in [2.45, 2.75) is 19.8 Å². The fraction of sp³-hybridized carbons (Fsp3) is 0.429. The number of nitrogens with zero attached hydrogens (tertiary/aromatic N) is 1. The number of benzene rings is 1. The Balaban J connectivity index is 2.07. The number of halogens is 1. The molecular formula is C14H17FN2OS. The SMILES string of the molecule is Cc1cc(F)ccc1C(=O)N1CCC(C(N)=S)CC1. The number of hydrogen-bond acceptors (Lipinski definition) is 2. The molecule has 2 N–H and O–H groups in total. The molecule has 1 heterocycles. The standard InChI is InChI=1S/C14H17FN2OS/c1-9-8-11(15)2-3-12(9)14(18)17-6-4-10(5-7-17)13(16)19/h2-3,8,10H,4-7H2,1H3,(H2,16,19). The third-order valence-corrected chi connectivity index (χ3v) is 3.94. The Morgan fingerprint density at radius 1 is 1.42 bits per heavy atom. The fourth-order valence-corrected chi connectivity index (χ4v) is 2.64. The quantitative estimate of drug-likeness (QED) is 0.845. The minimum atomic E-state index is -0.318. The first kappa shape index (κ1) is 13.9. The molecule has 1 aliphatic rings. The summed E-state index contributed by atoms with van der Waals surface area (Å²) in [6, 6.07) is 4.25. The van der Waals surface area contributed by atoms with Crippen LogP contribution in [-0.2, 0) is 0 Å². The molecule has 1 aromatic rings. The molecule has 0 unspecified atom stereocenters. The van der Waals surface area contributed by atoms with E-state index in [0.717, 1.165) is 12.8 Å². The van der Waals surface area contributed by atoms with Crippen LogP contribution in [0, 0.1) is 18.7 Å². The van der Waals surface area contributed by atoms with Crippen molar-refractivity contribution < 1.29 is 9.18 Å². The molecule has 0 radical (unpaired) electrons. The van der Waals surface area contributed by atoms with Crippen molar-refractivity contribution >= 4 is 23.1 Å². The summed E-state index contributed by atoms with van der Waals surface area (Å²) in [4.78, 5) is 14.7. The van der Waals surface area contributed by atoms with Crippen LogP contribution in [0.15, 0.2) is 18.2 Å². The fourth-order valence-electron chi connectivity index (χ4n) is 2.40. The second kappa shape index (κ2) is 5.65. The van der Waals surface area contributed by atoms with Gasteiger partial charge in [-0.25, -0.2) is 4.39 Å². The Morgan fingerprint density at radius 3 is 2.58 bits per heavy atom. The minimum absolute atomic E-state index is 0.0427. The first-order chi connectivity index (χ1) is 8.99. The van der Waals surface area contributed by atoms with Gasteiger partial charge in [0.05, 0.1) is 4.99 Å². The highest BCUT2D eigenvalue weighted by Gasteiger charge is 2.25. The van der Waals surface area contributed by atoms with Gasteiger partial charge in [-0.1, -0.05) is 12.2 Å². The van der Waals surface area contributed by atoms with Gasteiger partial charge in [-0.2, -0.15) is 0 Å². The molecule has 1 saturated heterocycles. The van der Waals surface area contributed by atoms with Crippen LogP contribution in [0.3, 0.4) is 0 Å². The van der Waals surface area contributed by atoms with Gasteiger partial charge in [-0.3, -0.25) is 4.79 Å². The van der Waals surface area contributed by atoms with Gasteiger partial charge in [0.1, 0.15) is 5.82 Å². The highest BCUT2D eigenvalue weighted by atomic mass is 32.1. The lowest BCUT2D eigenvalue weighted by Crippen LogP contribution is -2.41. The molecule has 19 heavy (non-hydrogen) atoms. The van der Waals surface area contributed by atoms with Gasteiger partial charge >= 0.3 is 0 Å². The van der Waals surface area contributed by atoms with E-state index in [1.54, 1.807) is 17.9 Å². The van der Waals surface area contributed by atoms with E-state index >= 15 is 0 Å². The van der Waals surface area contributed by atoms with Crippen LogP contribution in [0.1, 0.15) is 28.8 Å². The summed E-state index contributed by atoms with van der Waals surface area (Å²) in [5.41, 5.74) is 6.86. The van der Waals surface area contributed by atoms with Gasteiger partial charge in [0, 0.05) is 24.6 Å². The Bertz CT molecular complexity index is 510. The third-order valence-electron chi connectivity index (χ3n) is 3.60. The summed E-state index contributed by atoms with van der Waals surface area (Å²) < 4.78 is 13.0. The number of amides is 1. The average molecular weight is 280 g/mol. The van der Waals surface area contributed by atoms with Gasteiger partial charge in [-0.15, -0.1) is 0 Å². The van der Waals surface area contributed by atoms with Crippen molar-refractivity contribution in [3.63, 3.8) is 0 Å². The number of rotatable bonds is 2. The van der Waals surface area contributed by atoms with Crippen LogP contribution in [0.25, 0.3) is 0 Å². The molecule has 0 atom stereocenters. The number of carbonyl (C=O) groups excluding carboxylic acids is 1. The molecule has 0 aliphatic carbocycles. The third kappa shape index (κ3) is 3.10. The molecule has 5 heteroatoms. The number of aryl methyl sites for hydroxylation is 1. The van der Waals surface area contributed by atoms with Crippen LogP contribution in [0.4, 0.5) is 4.39 Å². The molecule has 1 amide bonds. The van der Waals surface area contributed by atoms with Gasteiger partial charge in [0.25, 0.3) is 5.91 Å². The van der Waals surface area contributed by atoms with Crippen molar-refractivity contribution in [3.05, 3.63) is 35.1 Å². The summed E-state index contributed by atoms with van der Waals surface area (Å²) in [5, 5.41) is 0. The smallest absolute Gasteiger partial charge is 0.254 e. The average Bonchev–Trinajstić information content (AvgIpc) is 2.38. The zero-order valence-electron chi connectivity index (χ0n) is 10.9. The van der Waals surface area contributed by atoms with Crippen LogP contribution in [-0.4, -0.2) is 28.9 Å². The summed E-state index contributed by atoms with van der Waals surface area (Å²) >= 11 is 4.98. The van der Waals surface area contributed by atoms with Gasteiger partial charge in [-0.05, 0) is 43.5 Å². The number of piperidine rings is 1. The highest BCUT2D eigenvalue weighted by Crippen LogP contribution is 2.20. The van der Waals surface area contributed by atoms with E-state index in [-0.39, 0.29) is 17.6 Å². The van der Waals surface area contributed by atoms with Crippen molar-refractivity contribution in [1.29, 1.82) is 0 Å². The van der Waals surface area contributed by atoms with E-state index in [1.807, 2.05) is 0 Å². The molecule has 1 aliphatic heterocycles. The molecule has 0 spiro atoms. The number of carbonyl (C=O) groups is 1. The number of hydrogen-bond donors (Lipinski definition) is 1. The molecule has 1 fully saturated rings. The second-order valence-corrected chi connectivity index (χ2v) is 5.40. The van der Waals surface area contributed by atoms with Crippen LogP contribution in [0.5, 0.6) is 0 Å². The predicted molar refractivity (Wildman–Crippen MR) is 76.5 cm³/mol. The van der Waals surface area contributed by atoms with Gasteiger partial charge in [0.2, 0.25) is 0 Å². The monoisotopic (exact) mass is 280 g/mol. The zero-order valence-corrected chi connectivity index (χ0v) is 11.7. The van der Waals surface area contributed by atoms with E-state index in [1.165, 1.54) is 12.1 Å². The summed E-state index contributed by atoms with van der Waals surface area (Å²) in [5.74, 6) is -0.131. The van der Waals surface area contributed by atoms with Crippen LogP contribution >= 0.6 is 12.2 Å². The minimum Gasteiger partial charge on any atom is -0.393 e. The van der Waals surface area contributed by atoms with E-state index < -0.39 is 0 Å². The van der Waals surface area contributed by atoms with Crippen molar-refractivity contribution in [3.8, 4) is 0 Å². The largest absolute Gasteiger partial charge is 0.393 e. The summed E-state index contributed by atoms with van der Waals surface area (Å²) in [6.45, 7) is 3.05. The number of likely N-dealkylation sites (tertiary alicyclic amines) is 1. The van der Waals surface area contributed by atoms with E-state index in [2.05, 4.69) is 0 Å². The molecule has 2 rings (SSSR count). The Kier molecular flexibility index (Phi) is 4.14. The predicted octanol–water partition coefficient (Wildman–Crippen LogP) is 2.27. The van der Waals surface area contributed by atoms with Crippen LogP contribution in [0.2, 0.25) is 0 Å². The lowest BCUT2D eigenvalue weighted by Gasteiger charge is -2.31. The maximum atomic E-state index is 13.0. The van der Waals surface area contributed by atoms with E-state index in [0.29, 0.717) is 29.2 Å². The highest BCUT2D eigenvalue weighted by molar-refractivity contribution is 7.80. The topological polar surface area (TPSA) is 46.3 Å². The summed E-state index contributed by atoms with van der Waals surface area (Å²) in [6.07, 6.45) is 1.61. The van der Waals surface area contributed by atoms with Crippen molar-refractivity contribution in [1.82, 2.24) is 4.90 Å². The van der Waals surface area contributed by atoms with Gasteiger partial charge < -0.3 is 10.6 Å². The zero-order chi connectivity index (χ0) is 14.0. The maximum absolute atomic E-state index is 13.0. The molecule has 0 aromatic heterocycles. The number of thiocarbonyl (C=S) groups is 1. The summed E-state index contributed by atoms with van der Waals surface area (Å²) in [7, 11) is 0. The molecule has 0 saturated carbocycles. The van der Waals surface area contributed by atoms with Gasteiger partial charge in [0.15, 0.2) is 0 Å². The normalized spacial score (nSPS) is 16.4. The maximum Gasteiger partial charge on any atom is 0.254 e. The van der Waals surface area contributed by atoms with Crippen molar-refractivity contribution in [2.24, 2.45) is 11.7 Å². The molecule has 0 bridgehead atoms. The Labute approximate surface area is 117 Å². The van der Waals surface area contributed by atoms with E-state index in [9.17, 15) is 9.18 Å². The number of nitrogens with two attached hydrogens (primary N) is 1. The Hall–Kier alpha value is -1.49. The van der Waals surface area contributed by atoms with E-state index in [4.69, 9.17) is 18.0 Å². The lowest BCUT2D eigenvalue weighted by molar-refractivity contribution is 0.0709. The molecular weight excluding hydrogens is 263 g/mol. The second-order valence-electron chi connectivity index (χ2n) is 4.93.